The van der Waals surface area contributed by atoms with Crippen LogP contribution in [0.3, 0.4) is 0 Å². The number of anilines is 1. The summed E-state index contributed by atoms with van der Waals surface area (Å²) in [5, 5.41) is 16.6. The van der Waals surface area contributed by atoms with Crippen molar-refractivity contribution in [2.24, 2.45) is 7.05 Å². The minimum absolute atomic E-state index is 0.587. The van der Waals surface area contributed by atoms with E-state index in [0.29, 0.717) is 5.82 Å². The van der Waals surface area contributed by atoms with Crippen molar-refractivity contribution < 1.29 is 0 Å². The first-order valence-corrected chi connectivity index (χ1v) is 9.24. The van der Waals surface area contributed by atoms with Crippen molar-refractivity contribution in [3.63, 3.8) is 0 Å². The summed E-state index contributed by atoms with van der Waals surface area (Å²) in [5.41, 5.74) is 2.88. The number of benzene rings is 1. The SMILES string of the molecule is C=C(CCCCC)Nc1nc(-c2ccccc2)c(-c2nnn(C)n2)s1. The second-order valence-electron chi connectivity index (χ2n) is 5.85. The van der Waals surface area contributed by atoms with Crippen LogP contribution in [0.15, 0.2) is 42.6 Å². The molecule has 2 aromatic heterocycles. The predicted molar refractivity (Wildman–Crippen MR) is 102 cm³/mol. The number of allylic oxidation sites excluding steroid dienone is 1. The van der Waals surface area contributed by atoms with Crippen LogP contribution in [-0.2, 0) is 7.05 Å². The molecule has 7 heteroatoms. The molecule has 0 unspecified atom stereocenters. The van der Waals surface area contributed by atoms with Crippen molar-refractivity contribution >= 4 is 16.5 Å². The van der Waals surface area contributed by atoms with Gasteiger partial charge in [0, 0.05) is 11.3 Å². The van der Waals surface area contributed by atoms with E-state index in [-0.39, 0.29) is 0 Å². The number of unbranched alkanes of at least 4 members (excludes halogenated alkanes) is 2. The number of thiazole rings is 1. The Balaban J connectivity index is 1.88. The molecule has 0 fully saturated rings. The fraction of sp³-hybridized carbons (Fsp3) is 0.333. The average Bonchev–Trinajstić information content (AvgIpc) is 3.22. The van der Waals surface area contributed by atoms with E-state index in [1.807, 2.05) is 30.3 Å². The van der Waals surface area contributed by atoms with Gasteiger partial charge in [0.2, 0.25) is 5.82 Å². The van der Waals surface area contributed by atoms with E-state index in [2.05, 4.69) is 34.2 Å². The smallest absolute Gasteiger partial charge is 0.217 e. The topological polar surface area (TPSA) is 68.5 Å². The molecular formula is C18H22N6S. The van der Waals surface area contributed by atoms with Crippen LogP contribution in [0.5, 0.6) is 0 Å². The van der Waals surface area contributed by atoms with E-state index in [1.54, 1.807) is 7.05 Å². The van der Waals surface area contributed by atoms with E-state index < -0.39 is 0 Å². The monoisotopic (exact) mass is 354 g/mol. The molecule has 1 N–H and O–H groups in total. The minimum Gasteiger partial charge on any atom is -0.336 e. The number of hydrogen-bond donors (Lipinski definition) is 1. The molecule has 0 saturated carbocycles. The highest BCUT2D eigenvalue weighted by atomic mass is 32.1. The van der Waals surface area contributed by atoms with Gasteiger partial charge in [0.25, 0.3) is 0 Å². The Hall–Kier alpha value is -2.54. The van der Waals surface area contributed by atoms with Gasteiger partial charge in [-0.15, -0.1) is 10.2 Å². The first-order valence-electron chi connectivity index (χ1n) is 8.42. The summed E-state index contributed by atoms with van der Waals surface area (Å²) >= 11 is 1.53. The molecule has 0 aliphatic rings. The zero-order valence-electron chi connectivity index (χ0n) is 14.6. The fourth-order valence-electron chi connectivity index (χ4n) is 2.49. The summed E-state index contributed by atoms with van der Waals surface area (Å²) in [7, 11) is 1.76. The Bertz CT molecular complexity index is 836. The number of hydrogen-bond acceptors (Lipinski definition) is 6. The van der Waals surface area contributed by atoms with E-state index in [1.165, 1.54) is 29.0 Å². The predicted octanol–water partition coefficient (Wildman–Crippen LogP) is 4.51. The van der Waals surface area contributed by atoms with E-state index in [9.17, 15) is 0 Å². The molecule has 3 aromatic rings. The largest absolute Gasteiger partial charge is 0.336 e. The molecule has 130 valence electrons. The van der Waals surface area contributed by atoms with Gasteiger partial charge in [0.1, 0.15) is 4.88 Å². The number of nitrogens with one attached hydrogen (secondary N) is 1. The van der Waals surface area contributed by atoms with Gasteiger partial charge in [-0.3, -0.25) is 0 Å². The molecule has 2 heterocycles. The van der Waals surface area contributed by atoms with E-state index in [4.69, 9.17) is 4.98 Å². The van der Waals surface area contributed by atoms with Crippen molar-refractivity contribution in [2.45, 2.75) is 32.6 Å². The van der Waals surface area contributed by atoms with Crippen LogP contribution in [0.25, 0.3) is 22.0 Å². The summed E-state index contributed by atoms with van der Waals surface area (Å²) in [4.78, 5) is 7.13. The Kier molecular flexibility index (Phi) is 5.55. The number of aryl methyl sites for hydroxylation is 1. The van der Waals surface area contributed by atoms with Crippen LogP contribution in [0, 0.1) is 0 Å². The van der Waals surface area contributed by atoms with Gasteiger partial charge in [0.15, 0.2) is 5.13 Å². The van der Waals surface area contributed by atoms with Gasteiger partial charge < -0.3 is 5.32 Å². The van der Waals surface area contributed by atoms with Crippen LogP contribution in [0.2, 0.25) is 0 Å². The van der Waals surface area contributed by atoms with Gasteiger partial charge in [0.05, 0.1) is 12.7 Å². The Morgan fingerprint density at radius 2 is 2.04 bits per heavy atom. The Labute approximate surface area is 151 Å². The van der Waals surface area contributed by atoms with Crippen LogP contribution < -0.4 is 5.32 Å². The van der Waals surface area contributed by atoms with E-state index in [0.717, 1.165) is 39.8 Å². The van der Waals surface area contributed by atoms with Gasteiger partial charge in [-0.1, -0.05) is 68.0 Å². The second kappa shape index (κ2) is 8.02. The lowest BCUT2D eigenvalue weighted by molar-refractivity contribution is 0.630. The molecule has 0 aliphatic heterocycles. The number of aromatic nitrogens is 5. The van der Waals surface area contributed by atoms with Gasteiger partial charge in [-0.05, 0) is 18.1 Å². The molecule has 0 atom stereocenters. The lowest BCUT2D eigenvalue weighted by atomic mass is 10.1. The van der Waals surface area contributed by atoms with Crippen molar-refractivity contribution in [1.29, 1.82) is 0 Å². The van der Waals surface area contributed by atoms with Crippen LogP contribution >= 0.6 is 11.3 Å². The van der Waals surface area contributed by atoms with Gasteiger partial charge >= 0.3 is 0 Å². The molecule has 0 spiro atoms. The lowest BCUT2D eigenvalue weighted by Crippen LogP contribution is -1.97. The number of nitrogens with zero attached hydrogens (tertiary/aromatic N) is 5. The first kappa shape index (κ1) is 17.3. The highest BCUT2D eigenvalue weighted by molar-refractivity contribution is 7.19. The number of rotatable bonds is 8. The second-order valence-corrected chi connectivity index (χ2v) is 6.85. The lowest BCUT2D eigenvalue weighted by Gasteiger charge is -2.05. The zero-order chi connectivity index (χ0) is 17.6. The summed E-state index contributed by atoms with van der Waals surface area (Å²) < 4.78 is 0. The average molecular weight is 354 g/mol. The van der Waals surface area contributed by atoms with Crippen LogP contribution in [0.4, 0.5) is 5.13 Å². The molecule has 0 amide bonds. The van der Waals surface area contributed by atoms with Crippen molar-refractivity contribution in [1.82, 2.24) is 25.2 Å². The maximum absolute atomic E-state index is 4.76. The van der Waals surface area contributed by atoms with Crippen LogP contribution in [-0.4, -0.2) is 25.2 Å². The third-order valence-electron chi connectivity index (χ3n) is 3.75. The van der Waals surface area contributed by atoms with Crippen molar-refractivity contribution in [2.75, 3.05) is 5.32 Å². The highest BCUT2D eigenvalue weighted by Gasteiger charge is 2.18. The van der Waals surface area contributed by atoms with E-state index >= 15 is 0 Å². The zero-order valence-corrected chi connectivity index (χ0v) is 15.4. The van der Waals surface area contributed by atoms with Crippen LogP contribution in [0.1, 0.15) is 32.6 Å². The van der Waals surface area contributed by atoms with Crippen molar-refractivity contribution in [3.05, 3.63) is 42.6 Å². The van der Waals surface area contributed by atoms with Gasteiger partial charge in [-0.25, -0.2) is 4.98 Å². The normalized spacial score (nSPS) is 10.8. The first-order chi connectivity index (χ1) is 12.2. The molecule has 25 heavy (non-hydrogen) atoms. The highest BCUT2D eigenvalue weighted by Crippen LogP contribution is 2.37. The summed E-state index contributed by atoms with van der Waals surface area (Å²) in [6.45, 7) is 6.32. The Morgan fingerprint density at radius 3 is 2.72 bits per heavy atom. The molecule has 0 aliphatic carbocycles. The molecule has 0 saturated heterocycles. The minimum atomic E-state index is 0.587. The maximum Gasteiger partial charge on any atom is 0.217 e. The molecule has 6 nitrogen and oxygen atoms in total. The Morgan fingerprint density at radius 1 is 1.24 bits per heavy atom. The summed E-state index contributed by atoms with van der Waals surface area (Å²) in [6.07, 6.45) is 4.50. The molecular weight excluding hydrogens is 332 g/mol. The molecule has 0 radical (unpaired) electrons. The maximum atomic E-state index is 4.76. The molecule has 0 bridgehead atoms. The third-order valence-corrected chi connectivity index (χ3v) is 4.72. The third kappa shape index (κ3) is 4.30. The number of tetrazole rings is 1. The standard InChI is InChI=1S/C18H22N6S/c1-4-5-7-10-13(2)19-18-20-15(14-11-8-6-9-12-14)16(25-18)17-21-23-24(3)22-17/h6,8-9,11-12H,2,4-5,7,10H2,1,3H3,(H,19,20). The summed E-state index contributed by atoms with van der Waals surface area (Å²) in [5.74, 6) is 0.587. The molecule has 1 aromatic carbocycles. The van der Waals surface area contributed by atoms with Gasteiger partial charge in [-0.2, -0.15) is 4.80 Å². The summed E-state index contributed by atoms with van der Waals surface area (Å²) in [6, 6.07) is 10.1. The van der Waals surface area contributed by atoms with Crippen molar-refractivity contribution in [3.8, 4) is 22.0 Å². The quantitative estimate of drug-likeness (QED) is 0.603. The fourth-order valence-corrected chi connectivity index (χ4v) is 3.45. The molecule has 3 rings (SSSR count).